The van der Waals surface area contributed by atoms with Crippen LogP contribution in [0.3, 0.4) is 0 Å². The topological polar surface area (TPSA) is 46.5 Å². The van der Waals surface area contributed by atoms with Crippen molar-refractivity contribution in [3.05, 3.63) is 65.2 Å². The lowest BCUT2D eigenvalue weighted by molar-refractivity contribution is 0.0696. The molecule has 2 aromatic carbocycles. The highest BCUT2D eigenvalue weighted by atomic mass is 19.1. The quantitative estimate of drug-likeness (QED) is 0.922. The molecule has 5 heteroatoms. The van der Waals surface area contributed by atoms with Crippen molar-refractivity contribution in [3.8, 4) is 5.75 Å². The molecule has 0 aromatic heterocycles. The molecule has 0 saturated carbocycles. The van der Waals surface area contributed by atoms with Crippen LogP contribution in [-0.4, -0.2) is 11.1 Å². The van der Waals surface area contributed by atoms with Crippen LogP contribution in [0.2, 0.25) is 0 Å². The molecule has 0 fully saturated rings. The van der Waals surface area contributed by atoms with Gasteiger partial charge >= 0.3 is 5.97 Å². The molecule has 0 radical (unpaired) electrons. The first kappa shape index (κ1) is 13.0. The average Bonchev–Trinajstić information content (AvgIpc) is 2.39. The largest absolute Gasteiger partial charge is 0.486 e. The minimum Gasteiger partial charge on any atom is -0.486 e. The third-order valence-corrected chi connectivity index (χ3v) is 2.51. The molecule has 0 aliphatic heterocycles. The lowest BCUT2D eigenvalue weighted by Crippen LogP contribution is -2.03. The Morgan fingerprint density at radius 1 is 1.11 bits per heavy atom. The summed E-state index contributed by atoms with van der Waals surface area (Å²) in [5, 5.41) is 8.81. The van der Waals surface area contributed by atoms with E-state index in [0.717, 1.165) is 12.1 Å². The summed E-state index contributed by atoms with van der Waals surface area (Å²) in [4.78, 5) is 10.8. The Bertz CT molecular complexity index is 611. The average molecular weight is 264 g/mol. The molecule has 0 spiro atoms. The van der Waals surface area contributed by atoms with Gasteiger partial charge in [0, 0.05) is 5.56 Å². The van der Waals surface area contributed by atoms with Crippen LogP contribution < -0.4 is 4.74 Å². The molecule has 0 heterocycles. The zero-order valence-electron chi connectivity index (χ0n) is 9.77. The third-order valence-electron chi connectivity index (χ3n) is 2.51. The summed E-state index contributed by atoms with van der Waals surface area (Å²) in [7, 11) is 0. The summed E-state index contributed by atoms with van der Waals surface area (Å²) in [6.07, 6.45) is 0. The van der Waals surface area contributed by atoms with Crippen LogP contribution in [0.4, 0.5) is 8.78 Å². The molecule has 0 aliphatic carbocycles. The van der Waals surface area contributed by atoms with Crippen molar-refractivity contribution in [2.75, 3.05) is 0 Å². The van der Waals surface area contributed by atoms with Crippen LogP contribution >= 0.6 is 0 Å². The van der Waals surface area contributed by atoms with Gasteiger partial charge in [-0.3, -0.25) is 0 Å². The van der Waals surface area contributed by atoms with Gasteiger partial charge in [0.1, 0.15) is 12.4 Å². The van der Waals surface area contributed by atoms with E-state index >= 15 is 0 Å². The number of hydrogen-bond donors (Lipinski definition) is 1. The number of halogens is 2. The summed E-state index contributed by atoms with van der Waals surface area (Å²) < 4.78 is 31.9. The summed E-state index contributed by atoms with van der Waals surface area (Å²) in [6.45, 7) is -0.242. The zero-order valence-corrected chi connectivity index (χ0v) is 9.77. The molecule has 2 aromatic rings. The van der Waals surface area contributed by atoms with Crippen molar-refractivity contribution < 1.29 is 23.4 Å². The Hall–Kier alpha value is -2.43. The Morgan fingerprint density at radius 2 is 1.84 bits per heavy atom. The second-order valence-electron chi connectivity index (χ2n) is 3.83. The van der Waals surface area contributed by atoms with E-state index in [9.17, 15) is 13.6 Å². The number of carboxylic acid groups (broad SMARTS) is 1. The van der Waals surface area contributed by atoms with Gasteiger partial charge in [-0.15, -0.1) is 0 Å². The standard InChI is InChI=1S/C14H10F2O3/c15-11-6-5-9(14(17)18)7-10(11)8-19-13-4-2-1-3-12(13)16/h1-7H,8H2,(H,17,18). The maximum atomic E-state index is 13.5. The molecular formula is C14H10F2O3. The SMILES string of the molecule is O=C(O)c1ccc(F)c(COc2ccccc2F)c1. The van der Waals surface area contributed by atoms with Gasteiger partial charge in [-0.1, -0.05) is 12.1 Å². The normalized spacial score (nSPS) is 10.2. The van der Waals surface area contributed by atoms with Gasteiger partial charge in [-0.25, -0.2) is 13.6 Å². The van der Waals surface area contributed by atoms with Gasteiger partial charge in [0.05, 0.1) is 5.56 Å². The van der Waals surface area contributed by atoms with Crippen LogP contribution in [0, 0.1) is 11.6 Å². The van der Waals surface area contributed by atoms with E-state index in [-0.39, 0.29) is 23.5 Å². The second kappa shape index (κ2) is 5.48. The van der Waals surface area contributed by atoms with E-state index in [1.165, 1.54) is 24.3 Å². The fourth-order valence-electron chi connectivity index (χ4n) is 1.54. The van der Waals surface area contributed by atoms with E-state index in [1.54, 1.807) is 6.07 Å². The Balaban J connectivity index is 2.17. The predicted molar refractivity (Wildman–Crippen MR) is 64.1 cm³/mol. The fraction of sp³-hybridized carbons (Fsp3) is 0.0714. The molecule has 0 amide bonds. The van der Waals surface area contributed by atoms with Crippen molar-refractivity contribution in [3.63, 3.8) is 0 Å². The highest BCUT2D eigenvalue weighted by molar-refractivity contribution is 5.87. The second-order valence-corrected chi connectivity index (χ2v) is 3.83. The van der Waals surface area contributed by atoms with E-state index in [4.69, 9.17) is 9.84 Å². The molecular weight excluding hydrogens is 254 g/mol. The van der Waals surface area contributed by atoms with E-state index < -0.39 is 17.6 Å². The molecule has 1 N–H and O–H groups in total. The molecule has 0 saturated heterocycles. The maximum absolute atomic E-state index is 13.5. The zero-order chi connectivity index (χ0) is 13.8. The summed E-state index contributed by atoms with van der Waals surface area (Å²) in [5.74, 6) is -2.33. The van der Waals surface area contributed by atoms with Gasteiger partial charge in [-0.2, -0.15) is 0 Å². The fourth-order valence-corrected chi connectivity index (χ4v) is 1.54. The number of carbonyl (C=O) groups is 1. The van der Waals surface area contributed by atoms with Crippen LogP contribution in [0.5, 0.6) is 5.75 Å². The van der Waals surface area contributed by atoms with Crippen LogP contribution in [0.1, 0.15) is 15.9 Å². The first-order valence-electron chi connectivity index (χ1n) is 5.47. The molecule has 3 nitrogen and oxygen atoms in total. The first-order valence-corrected chi connectivity index (χ1v) is 5.47. The number of ether oxygens (including phenoxy) is 1. The molecule has 98 valence electrons. The van der Waals surface area contributed by atoms with Crippen molar-refractivity contribution in [2.45, 2.75) is 6.61 Å². The summed E-state index contributed by atoms with van der Waals surface area (Å²) in [6, 6.07) is 9.09. The molecule has 0 bridgehead atoms. The number of hydrogen-bond acceptors (Lipinski definition) is 2. The van der Waals surface area contributed by atoms with Crippen LogP contribution in [0.25, 0.3) is 0 Å². The van der Waals surface area contributed by atoms with Gasteiger partial charge in [-0.05, 0) is 30.3 Å². The van der Waals surface area contributed by atoms with Gasteiger partial charge in [0.25, 0.3) is 0 Å². The Kier molecular flexibility index (Phi) is 3.75. The van der Waals surface area contributed by atoms with Crippen molar-refractivity contribution in [1.82, 2.24) is 0 Å². The number of para-hydroxylation sites is 1. The highest BCUT2D eigenvalue weighted by Crippen LogP contribution is 2.18. The van der Waals surface area contributed by atoms with Crippen molar-refractivity contribution in [1.29, 1.82) is 0 Å². The van der Waals surface area contributed by atoms with Gasteiger partial charge in [0.15, 0.2) is 11.6 Å². The number of carboxylic acids is 1. The maximum Gasteiger partial charge on any atom is 0.335 e. The minimum atomic E-state index is -1.16. The number of benzene rings is 2. The number of aromatic carboxylic acids is 1. The van der Waals surface area contributed by atoms with Crippen molar-refractivity contribution >= 4 is 5.97 Å². The minimum absolute atomic E-state index is 0.0115. The third kappa shape index (κ3) is 3.07. The monoisotopic (exact) mass is 264 g/mol. The van der Waals surface area contributed by atoms with Crippen molar-refractivity contribution in [2.24, 2.45) is 0 Å². The van der Waals surface area contributed by atoms with Crippen LogP contribution in [-0.2, 0) is 6.61 Å². The van der Waals surface area contributed by atoms with E-state index in [1.807, 2.05) is 0 Å². The van der Waals surface area contributed by atoms with Crippen LogP contribution in [0.15, 0.2) is 42.5 Å². The molecule has 0 atom stereocenters. The molecule has 19 heavy (non-hydrogen) atoms. The Labute approximate surface area is 108 Å². The van der Waals surface area contributed by atoms with Gasteiger partial charge < -0.3 is 9.84 Å². The molecule has 2 rings (SSSR count). The number of rotatable bonds is 4. The Morgan fingerprint density at radius 3 is 2.53 bits per heavy atom. The molecule has 0 aliphatic rings. The lowest BCUT2D eigenvalue weighted by Gasteiger charge is -2.08. The van der Waals surface area contributed by atoms with E-state index in [2.05, 4.69) is 0 Å². The smallest absolute Gasteiger partial charge is 0.335 e. The lowest BCUT2D eigenvalue weighted by atomic mass is 10.1. The summed E-state index contributed by atoms with van der Waals surface area (Å²) in [5.41, 5.74) is 0.0108. The van der Waals surface area contributed by atoms with E-state index in [0.29, 0.717) is 0 Å². The summed E-state index contributed by atoms with van der Waals surface area (Å²) >= 11 is 0. The molecule has 0 unspecified atom stereocenters. The first-order chi connectivity index (χ1) is 9.08. The highest BCUT2D eigenvalue weighted by Gasteiger charge is 2.10. The van der Waals surface area contributed by atoms with Gasteiger partial charge in [0.2, 0.25) is 0 Å². The predicted octanol–water partition coefficient (Wildman–Crippen LogP) is 3.24.